The van der Waals surface area contributed by atoms with Crippen molar-refractivity contribution in [1.29, 1.82) is 0 Å². The lowest BCUT2D eigenvalue weighted by Crippen LogP contribution is -2.53. The van der Waals surface area contributed by atoms with E-state index in [1.165, 1.54) is 50.5 Å². The van der Waals surface area contributed by atoms with Gasteiger partial charge in [-0.3, -0.25) is 4.79 Å². The molecule has 0 N–H and O–H groups in total. The van der Waals surface area contributed by atoms with Crippen LogP contribution in [-0.2, 0) is 4.79 Å². The lowest BCUT2D eigenvalue weighted by atomic mass is 9.45. The lowest BCUT2D eigenvalue weighted by molar-refractivity contribution is -0.118. The van der Waals surface area contributed by atoms with E-state index in [9.17, 15) is 4.79 Å². The van der Waals surface area contributed by atoms with Gasteiger partial charge in [-0.25, -0.2) is 0 Å². The van der Waals surface area contributed by atoms with Crippen LogP contribution < -0.4 is 0 Å². The molecule has 3 heteroatoms. The molecule has 0 spiro atoms. The molecule has 4 aliphatic rings. The molecule has 0 bridgehead atoms. The fourth-order valence-corrected chi connectivity index (χ4v) is 7.64. The summed E-state index contributed by atoms with van der Waals surface area (Å²) < 4.78 is 0. The van der Waals surface area contributed by atoms with Gasteiger partial charge in [0.2, 0.25) is 6.41 Å². The molecular formula is C25H40N2O. The van der Waals surface area contributed by atoms with Gasteiger partial charge in [-0.2, -0.15) is 0 Å². The first-order valence-corrected chi connectivity index (χ1v) is 11.5. The summed E-state index contributed by atoms with van der Waals surface area (Å²) in [5.74, 6) is 2.49. The Hall–Kier alpha value is -1.09. The van der Waals surface area contributed by atoms with Crippen molar-refractivity contribution in [2.24, 2.45) is 28.6 Å². The summed E-state index contributed by atoms with van der Waals surface area (Å²) in [6.45, 7) is 7.28. The Balaban J connectivity index is 1.56. The number of nitrogens with zero attached hydrogens (tertiary/aromatic N) is 2. The lowest BCUT2D eigenvalue weighted by Gasteiger charge is -2.60. The van der Waals surface area contributed by atoms with Crippen LogP contribution in [0.2, 0.25) is 0 Å². The highest BCUT2D eigenvalue weighted by atomic mass is 16.1. The van der Waals surface area contributed by atoms with E-state index in [0.717, 1.165) is 30.2 Å². The van der Waals surface area contributed by atoms with Crippen molar-refractivity contribution in [1.82, 2.24) is 9.80 Å². The van der Waals surface area contributed by atoms with Crippen molar-refractivity contribution < 1.29 is 4.79 Å². The van der Waals surface area contributed by atoms with Crippen molar-refractivity contribution in [2.45, 2.75) is 77.8 Å². The second-order valence-corrected chi connectivity index (χ2v) is 10.9. The van der Waals surface area contributed by atoms with Gasteiger partial charge in [-0.05, 0) is 94.7 Å². The molecule has 156 valence electrons. The minimum atomic E-state index is 0.169. The monoisotopic (exact) mass is 384 g/mol. The van der Waals surface area contributed by atoms with E-state index in [-0.39, 0.29) is 11.5 Å². The quantitative estimate of drug-likeness (QED) is 0.644. The summed E-state index contributed by atoms with van der Waals surface area (Å²) in [6, 6.07) is 0.970. The van der Waals surface area contributed by atoms with E-state index in [1.807, 2.05) is 11.9 Å². The van der Waals surface area contributed by atoms with Gasteiger partial charge in [0.05, 0.1) is 6.04 Å². The molecule has 4 aliphatic carbocycles. The zero-order chi connectivity index (χ0) is 20.3. The summed E-state index contributed by atoms with van der Waals surface area (Å²) >= 11 is 0. The SMILES string of the molecule is CC(C1=CC=C2C3CCC4CC(N(C)C)CCC4(C)C3CCC21C)N(C)C=O. The molecule has 0 aromatic heterocycles. The van der Waals surface area contributed by atoms with Crippen LogP contribution in [0.1, 0.15) is 65.7 Å². The summed E-state index contributed by atoms with van der Waals surface area (Å²) in [4.78, 5) is 15.6. The largest absolute Gasteiger partial charge is 0.342 e. The van der Waals surface area contributed by atoms with Crippen molar-refractivity contribution in [3.05, 3.63) is 23.3 Å². The first kappa shape index (κ1) is 20.2. The molecule has 0 radical (unpaired) electrons. The van der Waals surface area contributed by atoms with Crippen LogP contribution in [0.3, 0.4) is 0 Å². The van der Waals surface area contributed by atoms with Gasteiger partial charge in [0.25, 0.3) is 0 Å². The maximum Gasteiger partial charge on any atom is 0.209 e. The predicted octanol–water partition coefficient (Wildman–Crippen LogP) is 4.89. The highest BCUT2D eigenvalue weighted by Gasteiger charge is 2.56. The topological polar surface area (TPSA) is 23.6 Å². The van der Waals surface area contributed by atoms with Gasteiger partial charge < -0.3 is 9.80 Å². The first-order chi connectivity index (χ1) is 13.2. The summed E-state index contributed by atoms with van der Waals surface area (Å²) in [5, 5.41) is 0. The second kappa shape index (κ2) is 7.00. The summed E-state index contributed by atoms with van der Waals surface area (Å²) in [7, 11) is 6.44. The third-order valence-corrected chi connectivity index (χ3v) is 9.69. The first-order valence-electron chi connectivity index (χ1n) is 11.5. The molecule has 7 atom stereocenters. The average molecular weight is 385 g/mol. The summed E-state index contributed by atoms with van der Waals surface area (Å²) in [6.07, 6.45) is 15.3. The van der Waals surface area contributed by atoms with Gasteiger partial charge in [-0.1, -0.05) is 31.6 Å². The molecule has 0 saturated heterocycles. The van der Waals surface area contributed by atoms with Crippen molar-refractivity contribution in [2.75, 3.05) is 21.1 Å². The number of rotatable bonds is 4. The molecular weight excluding hydrogens is 344 g/mol. The number of allylic oxidation sites excluding steroid dienone is 3. The Labute approximate surface area is 172 Å². The van der Waals surface area contributed by atoms with Gasteiger partial charge in [0.1, 0.15) is 0 Å². The molecule has 1 amide bonds. The van der Waals surface area contributed by atoms with E-state index in [2.05, 4.69) is 51.9 Å². The van der Waals surface area contributed by atoms with Crippen LogP contribution in [0.15, 0.2) is 23.3 Å². The molecule has 28 heavy (non-hydrogen) atoms. The number of carbonyl (C=O) groups is 1. The van der Waals surface area contributed by atoms with Crippen LogP contribution in [0, 0.1) is 28.6 Å². The highest BCUT2D eigenvalue weighted by Crippen LogP contribution is 2.65. The van der Waals surface area contributed by atoms with Crippen molar-refractivity contribution >= 4 is 6.41 Å². The van der Waals surface area contributed by atoms with Gasteiger partial charge in [0, 0.05) is 18.5 Å². The van der Waals surface area contributed by atoms with Gasteiger partial charge in [0.15, 0.2) is 0 Å². The van der Waals surface area contributed by atoms with E-state index in [4.69, 9.17) is 0 Å². The zero-order valence-corrected chi connectivity index (χ0v) is 18.9. The number of hydrogen-bond acceptors (Lipinski definition) is 2. The molecule has 0 heterocycles. The number of amides is 1. The molecule has 0 aromatic carbocycles. The van der Waals surface area contributed by atoms with E-state index >= 15 is 0 Å². The molecule has 3 nitrogen and oxygen atoms in total. The van der Waals surface area contributed by atoms with Crippen molar-refractivity contribution in [3.8, 4) is 0 Å². The Kier molecular flexibility index (Phi) is 5.05. The van der Waals surface area contributed by atoms with E-state index < -0.39 is 0 Å². The average Bonchev–Trinajstić information content (AvgIpc) is 3.03. The van der Waals surface area contributed by atoms with Crippen molar-refractivity contribution in [3.63, 3.8) is 0 Å². The van der Waals surface area contributed by atoms with Gasteiger partial charge in [-0.15, -0.1) is 0 Å². The fourth-order valence-electron chi connectivity index (χ4n) is 7.64. The van der Waals surface area contributed by atoms with Crippen LogP contribution in [0.25, 0.3) is 0 Å². The zero-order valence-electron chi connectivity index (χ0n) is 18.9. The number of likely N-dealkylation sites (N-methyl/N-ethyl adjacent to an activating group) is 1. The molecule has 3 saturated carbocycles. The Morgan fingerprint density at radius 1 is 1.07 bits per heavy atom. The second-order valence-electron chi connectivity index (χ2n) is 10.9. The van der Waals surface area contributed by atoms with Crippen LogP contribution in [0.4, 0.5) is 0 Å². The predicted molar refractivity (Wildman–Crippen MR) is 116 cm³/mol. The molecule has 0 aromatic rings. The smallest absolute Gasteiger partial charge is 0.209 e. The maximum absolute atomic E-state index is 11.3. The number of carbonyl (C=O) groups excluding carboxylic acids is 1. The fraction of sp³-hybridized carbons (Fsp3) is 0.800. The van der Waals surface area contributed by atoms with E-state index in [0.29, 0.717) is 5.41 Å². The highest BCUT2D eigenvalue weighted by molar-refractivity contribution is 5.52. The normalized spacial score (nSPS) is 43.4. The summed E-state index contributed by atoms with van der Waals surface area (Å²) in [5.41, 5.74) is 3.84. The third kappa shape index (κ3) is 2.83. The molecule has 7 unspecified atom stereocenters. The van der Waals surface area contributed by atoms with Crippen LogP contribution >= 0.6 is 0 Å². The van der Waals surface area contributed by atoms with Crippen LogP contribution in [0.5, 0.6) is 0 Å². The number of hydrogen-bond donors (Lipinski definition) is 0. The Morgan fingerprint density at radius 3 is 2.50 bits per heavy atom. The third-order valence-electron chi connectivity index (χ3n) is 9.69. The molecule has 0 aliphatic heterocycles. The minimum Gasteiger partial charge on any atom is -0.342 e. The maximum atomic E-state index is 11.3. The standard InChI is InChI=1S/C25H40N2O/c1-17(27(6)16-28)21-9-10-22-20-8-7-18-15-19(26(4)5)11-13-24(18,2)23(20)12-14-25(21,22)3/h9-10,16-20,23H,7-8,11-15H2,1-6H3. The van der Waals surface area contributed by atoms with Gasteiger partial charge >= 0.3 is 0 Å². The molecule has 4 rings (SSSR count). The van der Waals surface area contributed by atoms with E-state index in [1.54, 1.807) is 5.57 Å². The molecule has 3 fully saturated rings. The number of fused-ring (bicyclic) bond motifs is 5. The minimum absolute atomic E-state index is 0.169. The van der Waals surface area contributed by atoms with Crippen LogP contribution in [-0.4, -0.2) is 49.4 Å². The Morgan fingerprint density at radius 2 is 1.82 bits per heavy atom. The Bertz CT molecular complexity index is 695.